The normalized spacial score (nSPS) is 18.9. The van der Waals surface area contributed by atoms with Crippen LogP contribution in [0.4, 0.5) is 4.79 Å². The van der Waals surface area contributed by atoms with Gasteiger partial charge < -0.3 is 20.1 Å². The first kappa shape index (κ1) is 16.8. The Bertz CT molecular complexity index is 310. The highest BCUT2D eigenvalue weighted by Crippen LogP contribution is 2.08. The van der Waals surface area contributed by atoms with Crippen LogP contribution in [0.15, 0.2) is 0 Å². The average molecular weight is 286 g/mol. The molecule has 1 atom stereocenters. The fourth-order valence-electron chi connectivity index (χ4n) is 2.25. The molecule has 1 saturated heterocycles. The molecule has 0 aromatic rings. The molecule has 6 heteroatoms. The monoisotopic (exact) mass is 286 g/mol. The maximum atomic E-state index is 11.9. The van der Waals surface area contributed by atoms with E-state index in [4.69, 9.17) is 9.84 Å². The molecule has 0 saturated carbocycles. The van der Waals surface area contributed by atoms with Crippen molar-refractivity contribution in [1.82, 2.24) is 10.2 Å². The van der Waals surface area contributed by atoms with Crippen LogP contribution in [0.5, 0.6) is 0 Å². The number of morpholine rings is 1. The minimum Gasteiger partial charge on any atom is -0.480 e. The minimum absolute atomic E-state index is 0.0692. The van der Waals surface area contributed by atoms with Crippen molar-refractivity contribution in [3.8, 4) is 0 Å². The Hall–Kier alpha value is -1.30. The number of carboxylic acids is 1. The van der Waals surface area contributed by atoms with E-state index in [0.717, 1.165) is 12.8 Å². The molecule has 6 nitrogen and oxygen atoms in total. The lowest BCUT2D eigenvalue weighted by molar-refractivity contribution is -0.147. The number of carbonyl (C=O) groups is 2. The van der Waals surface area contributed by atoms with E-state index in [1.54, 1.807) is 0 Å². The Kier molecular flexibility index (Phi) is 8.02. The highest BCUT2D eigenvalue weighted by Gasteiger charge is 2.32. The number of hydrogen-bond acceptors (Lipinski definition) is 3. The maximum Gasteiger partial charge on any atom is 0.328 e. The molecule has 2 amide bonds. The van der Waals surface area contributed by atoms with Gasteiger partial charge >= 0.3 is 12.0 Å². The molecule has 1 aliphatic heterocycles. The van der Waals surface area contributed by atoms with Crippen LogP contribution in [0, 0.1) is 0 Å². The number of rotatable bonds is 8. The van der Waals surface area contributed by atoms with Gasteiger partial charge in [0, 0.05) is 13.1 Å². The Morgan fingerprint density at radius 3 is 2.65 bits per heavy atom. The van der Waals surface area contributed by atoms with Crippen molar-refractivity contribution in [3.05, 3.63) is 0 Å². The summed E-state index contributed by atoms with van der Waals surface area (Å²) in [7, 11) is 0. The van der Waals surface area contributed by atoms with Crippen LogP contribution in [0.25, 0.3) is 0 Å². The minimum atomic E-state index is -1.01. The summed E-state index contributed by atoms with van der Waals surface area (Å²) in [5, 5.41) is 11.8. The lowest BCUT2D eigenvalue weighted by Gasteiger charge is -2.32. The van der Waals surface area contributed by atoms with Gasteiger partial charge in [-0.3, -0.25) is 0 Å². The number of carboxylic acid groups (broad SMARTS) is 1. The summed E-state index contributed by atoms with van der Waals surface area (Å²) in [6.07, 6.45) is 6.97. The van der Waals surface area contributed by atoms with Gasteiger partial charge in [-0.15, -0.1) is 0 Å². The zero-order valence-electron chi connectivity index (χ0n) is 12.3. The summed E-state index contributed by atoms with van der Waals surface area (Å²) in [6.45, 7) is 3.59. The highest BCUT2D eigenvalue weighted by molar-refractivity contribution is 5.82. The van der Waals surface area contributed by atoms with Crippen LogP contribution < -0.4 is 5.32 Å². The molecule has 116 valence electrons. The number of ether oxygens (including phenoxy) is 1. The molecule has 2 N–H and O–H groups in total. The molecule has 0 bridgehead atoms. The zero-order valence-corrected chi connectivity index (χ0v) is 12.3. The Balaban J connectivity index is 2.19. The van der Waals surface area contributed by atoms with Gasteiger partial charge in [0.25, 0.3) is 0 Å². The summed E-state index contributed by atoms with van der Waals surface area (Å²) in [4.78, 5) is 24.3. The second-order valence-corrected chi connectivity index (χ2v) is 5.12. The number of carbonyl (C=O) groups excluding carboxylic acids is 1. The molecule has 1 unspecified atom stereocenters. The predicted molar refractivity (Wildman–Crippen MR) is 75.7 cm³/mol. The SMILES string of the molecule is CCCCCCCCNC(=O)N1CCOCC1C(=O)O. The zero-order chi connectivity index (χ0) is 14.8. The molecule has 0 radical (unpaired) electrons. The summed E-state index contributed by atoms with van der Waals surface area (Å²) in [5.74, 6) is -1.01. The first-order chi connectivity index (χ1) is 9.66. The van der Waals surface area contributed by atoms with E-state index >= 15 is 0 Å². The molecular formula is C14H26N2O4. The fraction of sp³-hybridized carbons (Fsp3) is 0.857. The Morgan fingerprint density at radius 1 is 1.25 bits per heavy atom. The predicted octanol–water partition coefficient (Wildman–Crippen LogP) is 1.84. The number of unbranched alkanes of at least 4 members (excludes halogenated alkanes) is 5. The van der Waals surface area contributed by atoms with Gasteiger partial charge in [0.2, 0.25) is 0 Å². The Morgan fingerprint density at radius 2 is 1.95 bits per heavy atom. The molecule has 0 spiro atoms. The van der Waals surface area contributed by atoms with Gasteiger partial charge in [-0.1, -0.05) is 39.0 Å². The van der Waals surface area contributed by atoms with E-state index < -0.39 is 12.0 Å². The number of nitrogens with zero attached hydrogens (tertiary/aromatic N) is 1. The molecule has 0 aromatic heterocycles. The molecule has 1 rings (SSSR count). The summed E-state index contributed by atoms with van der Waals surface area (Å²) < 4.78 is 5.10. The van der Waals surface area contributed by atoms with Crippen molar-refractivity contribution < 1.29 is 19.4 Å². The van der Waals surface area contributed by atoms with Crippen molar-refractivity contribution >= 4 is 12.0 Å². The van der Waals surface area contributed by atoms with Gasteiger partial charge in [-0.05, 0) is 6.42 Å². The van der Waals surface area contributed by atoms with Crippen molar-refractivity contribution in [2.45, 2.75) is 51.5 Å². The van der Waals surface area contributed by atoms with Crippen molar-refractivity contribution in [2.24, 2.45) is 0 Å². The number of urea groups is 1. The average Bonchev–Trinajstić information content (AvgIpc) is 2.46. The molecule has 1 fully saturated rings. The van der Waals surface area contributed by atoms with Gasteiger partial charge in [0.05, 0.1) is 13.2 Å². The quantitative estimate of drug-likeness (QED) is 0.667. The van der Waals surface area contributed by atoms with Gasteiger partial charge in [-0.25, -0.2) is 9.59 Å². The van der Waals surface area contributed by atoms with Crippen LogP contribution in [0.3, 0.4) is 0 Å². The summed E-state index contributed by atoms with van der Waals surface area (Å²) >= 11 is 0. The molecule has 0 aliphatic carbocycles. The van der Waals surface area contributed by atoms with Crippen molar-refractivity contribution in [3.63, 3.8) is 0 Å². The smallest absolute Gasteiger partial charge is 0.328 e. The van der Waals surface area contributed by atoms with Crippen LogP contribution in [0.2, 0.25) is 0 Å². The van der Waals surface area contributed by atoms with Gasteiger partial charge in [-0.2, -0.15) is 0 Å². The van der Waals surface area contributed by atoms with Crippen LogP contribution in [-0.2, 0) is 9.53 Å². The van der Waals surface area contributed by atoms with Crippen LogP contribution >= 0.6 is 0 Å². The van der Waals surface area contributed by atoms with Crippen molar-refractivity contribution in [2.75, 3.05) is 26.3 Å². The topological polar surface area (TPSA) is 78.9 Å². The fourth-order valence-corrected chi connectivity index (χ4v) is 2.25. The van der Waals surface area contributed by atoms with E-state index in [1.165, 1.54) is 30.6 Å². The molecular weight excluding hydrogens is 260 g/mol. The number of amides is 2. The third-order valence-electron chi connectivity index (χ3n) is 3.48. The summed E-state index contributed by atoms with van der Waals surface area (Å²) in [6, 6.07) is -1.16. The third kappa shape index (κ3) is 5.77. The second kappa shape index (κ2) is 9.58. The van der Waals surface area contributed by atoms with E-state index in [9.17, 15) is 9.59 Å². The molecule has 1 aliphatic rings. The van der Waals surface area contributed by atoms with Gasteiger partial charge in [0.15, 0.2) is 6.04 Å². The first-order valence-electron chi connectivity index (χ1n) is 7.51. The van der Waals surface area contributed by atoms with E-state index in [2.05, 4.69) is 12.2 Å². The standard InChI is InChI=1S/C14H26N2O4/c1-2-3-4-5-6-7-8-15-14(19)16-9-10-20-11-12(16)13(17)18/h12H,2-11H2,1H3,(H,15,19)(H,17,18). The largest absolute Gasteiger partial charge is 0.480 e. The third-order valence-corrected chi connectivity index (χ3v) is 3.48. The maximum absolute atomic E-state index is 11.9. The van der Waals surface area contributed by atoms with Crippen LogP contribution in [-0.4, -0.2) is 54.4 Å². The highest BCUT2D eigenvalue weighted by atomic mass is 16.5. The van der Waals surface area contributed by atoms with Gasteiger partial charge in [0.1, 0.15) is 0 Å². The van der Waals surface area contributed by atoms with Crippen molar-refractivity contribution in [1.29, 1.82) is 0 Å². The first-order valence-corrected chi connectivity index (χ1v) is 7.51. The molecule has 1 heterocycles. The van der Waals surface area contributed by atoms with E-state index in [1.807, 2.05) is 0 Å². The lowest BCUT2D eigenvalue weighted by atomic mass is 10.1. The number of nitrogens with one attached hydrogen (secondary N) is 1. The number of aliphatic carboxylic acids is 1. The van der Waals surface area contributed by atoms with Crippen LogP contribution in [0.1, 0.15) is 45.4 Å². The van der Waals surface area contributed by atoms with E-state index in [-0.39, 0.29) is 12.6 Å². The summed E-state index contributed by atoms with van der Waals surface area (Å²) in [5.41, 5.74) is 0. The van der Waals surface area contributed by atoms with E-state index in [0.29, 0.717) is 19.7 Å². The lowest BCUT2D eigenvalue weighted by Crippen LogP contribution is -2.55. The second-order valence-electron chi connectivity index (χ2n) is 5.12. The number of hydrogen-bond donors (Lipinski definition) is 2. The Labute approximate surface area is 120 Å². The molecule has 0 aromatic carbocycles. The molecule has 20 heavy (non-hydrogen) atoms.